The molecule has 0 bridgehead atoms. The van der Waals surface area contributed by atoms with Crippen LogP contribution in [0.2, 0.25) is 0 Å². The van der Waals surface area contributed by atoms with Crippen LogP contribution in [0.25, 0.3) is 0 Å². The fourth-order valence-corrected chi connectivity index (χ4v) is 1.42. The fourth-order valence-electron chi connectivity index (χ4n) is 1.42. The van der Waals surface area contributed by atoms with E-state index in [4.69, 9.17) is 0 Å². The van der Waals surface area contributed by atoms with Crippen LogP contribution in [0.1, 0.15) is 32.4 Å². The van der Waals surface area contributed by atoms with Crippen molar-refractivity contribution in [3.8, 4) is 0 Å². The Labute approximate surface area is 85.8 Å². The number of aliphatic hydroxyl groups excluding tert-OH is 1. The van der Waals surface area contributed by atoms with E-state index in [1.54, 1.807) is 0 Å². The first-order valence-corrected chi connectivity index (χ1v) is 5.26. The summed E-state index contributed by atoms with van der Waals surface area (Å²) in [5.74, 6) is 0.360. The lowest BCUT2D eigenvalue weighted by Crippen LogP contribution is -2.14. The summed E-state index contributed by atoms with van der Waals surface area (Å²) in [5.41, 5.74) is 1.11. The van der Waals surface area contributed by atoms with E-state index < -0.39 is 0 Å². The summed E-state index contributed by atoms with van der Waals surface area (Å²) >= 11 is 0. The van der Waals surface area contributed by atoms with Gasteiger partial charge in [-0.2, -0.15) is 5.10 Å². The predicted molar refractivity (Wildman–Crippen MR) is 57.0 cm³/mol. The molecule has 0 saturated carbocycles. The van der Waals surface area contributed by atoms with Gasteiger partial charge in [-0.3, -0.25) is 4.68 Å². The highest BCUT2D eigenvalue weighted by atomic mass is 16.3. The molecule has 1 heterocycles. The molecule has 0 amide bonds. The lowest BCUT2D eigenvalue weighted by atomic mass is 10.0. The Morgan fingerprint density at radius 1 is 1.50 bits per heavy atom. The highest BCUT2D eigenvalue weighted by Gasteiger charge is 2.08. The number of nitrogens with zero attached hydrogens (tertiary/aromatic N) is 2. The third kappa shape index (κ3) is 3.50. The second-order valence-corrected chi connectivity index (χ2v) is 4.18. The molecule has 1 aromatic rings. The molecule has 3 nitrogen and oxygen atoms in total. The maximum Gasteiger partial charge on any atom is 0.0624 e. The quantitative estimate of drug-likeness (QED) is 0.779. The molecule has 80 valence electrons. The number of hydrogen-bond donors (Lipinski definition) is 1. The van der Waals surface area contributed by atoms with Gasteiger partial charge in [-0.25, -0.2) is 0 Å². The van der Waals surface area contributed by atoms with Gasteiger partial charge in [0.2, 0.25) is 0 Å². The molecular formula is C11H20N2O. The summed E-state index contributed by atoms with van der Waals surface area (Å²) in [6.07, 6.45) is 4.63. The van der Waals surface area contributed by atoms with Crippen molar-refractivity contribution in [1.29, 1.82) is 0 Å². The summed E-state index contributed by atoms with van der Waals surface area (Å²) in [7, 11) is 1.92. The van der Waals surface area contributed by atoms with E-state index in [-0.39, 0.29) is 6.10 Å². The Balaban J connectivity index is 2.22. The predicted octanol–water partition coefficient (Wildman–Crippen LogP) is 1.76. The first-order chi connectivity index (χ1) is 6.59. The molecule has 1 rings (SSSR count). The minimum Gasteiger partial charge on any atom is -0.393 e. The number of aromatic nitrogens is 2. The molecule has 1 aromatic heterocycles. The van der Waals surface area contributed by atoms with Crippen LogP contribution in [0, 0.1) is 5.92 Å². The topological polar surface area (TPSA) is 38.0 Å². The van der Waals surface area contributed by atoms with Gasteiger partial charge < -0.3 is 5.11 Å². The van der Waals surface area contributed by atoms with Crippen molar-refractivity contribution in [3.05, 3.63) is 18.0 Å². The second kappa shape index (κ2) is 5.15. The van der Waals surface area contributed by atoms with Gasteiger partial charge in [-0.1, -0.05) is 13.8 Å². The zero-order valence-corrected chi connectivity index (χ0v) is 9.27. The van der Waals surface area contributed by atoms with Crippen LogP contribution >= 0.6 is 0 Å². The molecule has 0 aliphatic carbocycles. The minimum atomic E-state index is -0.168. The lowest BCUT2D eigenvalue weighted by molar-refractivity contribution is 0.114. The van der Waals surface area contributed by atoms with Gasteiger partial charge in [0, 0.05) is 13.2 Å². The van der Waals surface area contributed by atoms with Crippen LogP contribution in [0.5, 0.6) is 0 Å². The molecule has 0 radical (unpaired) electrons. The third-order valence-electron chi connectivity index (χ3n) is 2.47. The number of aryl methyl sites for hydroxylation is 2. The van der Waals surface area contributed by atoms with Crippen molar-refractivity contribution in [2.24, 2.45) is 13.0 Å². The highest BCUT2D eigenvalue weighted by Crippen LogP contribution is 2.10. The maximum absolute atomic E-state index is 9.58. The molecule has 1 atom stereocenters. The van der Waals surface area contributed by atoms with E-state index in [0.717, 1.165) is 25.0 Å². The maximum atomic E-state index is 9.58. The van der Waals surface area contributed by atoms with Gasteiger partial charge in [-0.05, 0) is 31.2 Å². The molecule has 14 heavy (non-hydrogen) atoms. The number of aliphatic hydroxyl groups is 1. The van der Waals surface area contributed by atoms with Gasteiger partial charge in [0.1, 0.15) is 0 Å². The van der Waals surface area contributed by atoms with Gasteiger partial charge >= 0.3 is 0 Å². The largest absolute Gasteiger partial charge is 0.393 e. The molecule has 0 saturated heterocycles. The Kier molecular flexibility index (Phi) is 4.14. The minimum absolute atomic E-state index is 0.168. The normalized spacial score (nSPS) is 13.5. The zero-order valence-electron chi connectivity index (χ0n) is 9.27. The summed E-state index contributed by atoms with van der Waals surface area (Å²) in [5, 5.41) is 13.9. The Morgan fingerprint density at radius 2 is 2.21 bits per heavy atom. The molecule has 1 unspecified atom stereocenters. The molecule has 0 aliphatic rings. The lowest BCUT2D eigenvalue weighted by Gasteiger charge is -2.13. The van der Waals surface area contributed by atoms with Crippen LogP contribution in [-0.4, -0.2) is 21.0 Å². The van der Waals surface area contributed by atoms with E-state index in [1.165, 1.54) is 0 Å². The van der Waals surface area contributed by atoms with Crippen LogP contribution < -0.4 is 0 Å². The molecule has 3 heteroatoms. The van der Waals surface area contributed by atoms with Gasteiger partial charge in [0.15, 0.2) is 0 Å². The summed E-state index contributed by atoms with van der Waals surface area (Å²) in [4.78, 5) is 0. The van der Waals surface area contributed by atoms with Crippen molar-refractivity contribution in [2.45, 2.75) is 39.2 Å². The third-order valence-corrected chi connectivity index (χ3v) is 2.47. The summed E-state index contributed by atoms with van der Waals surface area (Å²) < 4.78 is 1.81. The highest BCUT2D eigenvalue weighted by molar-refractivity contribution is 4.98. The first kappa shape index (κ1) is 11.2. The van der Waals surface area contributed by atoms with E-state index in [0.29, 0.717) is 5.92 Å². The Bertz CT molecular complexity index is 268. The zero-order chi connectivity index (χ0) is 10.6. The Hall–Kier alpha value is -0.830. The molecule has 0 fully saturated rings. The monoisotopic (exact) mass is 196 g/mol. The molecule has 0 aliphatic heterocycles. The van der Waals surface area contributed by atoms with Crippen LogP contribution in [0.15, 0.2) is 12.3 Å². The van der Waals surface area contributed by atoms with E-state index >= 15 is 0 Å². The number of rotatable bonds is 5. The van der Waals surface area contributed by atoms with Gasteiger partial charge in [-0.15, -0.1) is 0 Å². The number of hydrogen-bond acceptors (Lipinski definition) is 2. The van der Waals surface area contributed by atoms with Gasteiger partial charge in [0.05, 0.1) is 11.8 Å². The standard InChI is InChI=1S/C11H20N2O/c1-9(2)11(14)6-4-5-10-7-8-13(3)12-10/h7-9,11,14H,4-6H2,1-3H3. The van der Waals surface area contributed by atoms with Crippen LogP contribution in [0.4, 0.5) is 0 Å². The van der Waals surface area contributed by atoms with E-state index in [1.807, 2.05) is 37.8 Å². The molecule has 0 spiro atoms. The van der Waals surface area contributed by atoms with Crippen LogP contribution in [0.3, 0.4) is 0 Å². The SMILES string of the molecule is CC(C)C(O)CCCc1ccn(C)n1. The Morgan fingerprint density at radius 3 is 2.71 bits per heavy atom. The molecular weight excluding hydrogens is 176 g/mol. The van der Waals surface area contributed by atoms with Gasteiger partial charge in [0.25, 0.3) is 0 Å². The average Bonchev–Trinajstić information content (AvgIpc) is 2.51. The summed E-state index contributed by atoms with van der Waals surface area (Å²) in [6, 6.07) is 2.03. The van der Waals surface area contributed by atoms with Crippen LogP contribution in [-0.2, 0) is 13.5 Å². The average molecular weight is 196 g/mol. The first-order valence-electron chi connectivity index (χ1n) is 5.26. The molecule has 0 aromatic carbocycles. The van der Waals surface area contributed by atoms with Crippen molar-refractivity contribution >= 4 is 0 Å². The smallest absolute Gasteiger partial charge is 0.0624 e. The van der Waals surface area contributed by atoms with E-state index in [9.17, 15) is 5.11 Å². The fraction of sp³-hybridized carbons (Fsp3) is 0.727. The van der Waals surface area contributed by atoms with E-state index in [2.05, 4.69) is 5.10 Å². The van der Waals surface area contributed by atoms with Crippen molar-refractivity contribution in [2.75, 3.05) is 0 Å². The second-order valence-electron chi connectivity index (χ2n) is 4.18. The summed E-state index contributed by atoms with van der Waals surface area (Å²) in [6.45, 7) is 4.09. The van der Waals surface area contributed by atoms with Crippen molar-refractivity contribution < 1.29 is 5.11 Å². The van der Waals surface area contributed by atoms with Crippen molar-refractivity contribution in [1.82, 2.24) is 9.78 Å². The van der Waals surface area contributed by atoms with Crippen molar-refractivity contribution in [3.63, 3.8) is 0 Å². The molecule has 1 N–H and O–H groups in total.